The number of carbonyl (C=O) groups excluding carboxylic acids is 1. The van der Waals surface area contributed by atoms with Gasteiger partial charge in [-0.05, 0) is 36.4 Å². The summed E-state index contributed by atoms with van der Waals surface area (Å²) in [7, 11) is 0. The van der Waals surface area contributed by atoms with Gasteiger partial charge in [0.1, 0.15) is 5.75 Å². The van der Waals surface area contributed by atoms with Crippen molar-refractivity contribution in [3.8, 4) is 17.2 Å². The fourth-order valence-electron chi connectivity index (χ4n) is 1.40. The number of aromatic hydroxyl groups is 1. The van der Waals surface area contributed by atoms with Gasteiger partial charge in [-0.1, -0.05) is 12.1 Å². The second-order valence-electron chi connectivity index (χ2n) is 3.52. The molecule has 0 fully saturated rings. The van der Waals surface area contributed by atoms with Gasteiger partial charge in [0.05, 0.1) is 22.9 Å². The van der Waals surface area contributed by atoms with E-state index in [9.17, 15) is 9.90 Å². The van der Waals surface area contributed by atoms with Gasteiger partial charge in [-0.3, -0.25) is 8.32 Å². The molecule has 2 aromatic rings. The summed E-state index contributed by atoms with van der Waals surface area (Å²) in [5.74, 6) is 0.849. The van der Waals surface area contributed by atoms with Crippen molar-refractivity contribution in [1.29, 1.82) is 0 Å². The Balaban J connectivity index is 2.16. The third kappa shape index (κ3) is 2.92. The predicted molar refractivity (Wildman–Crippen MR) is 76.1 cm³/mol. The number of amides is 1. The lowest BCUT2D eigenvalue weighted by Gasteiger charge is -2.07. The molecular weight excluding hydrogens is 345 g/mol. The van der Waals surface area contributed by atoms with Gasteiger partial charge in [-0.2, -0.15) is 0 Å². The summed E-state index contributed by atoms with van der Waals surface area (Å²) in [5.41, 5.74) is 0.550. The Morgan fingerprint density at radius 1 is 1.11 bits per heavy atom. The van der Waals surface area contributed by atoms with E-state index in [0.29, 0.717) is 17.1 Å². The summed E-state index contributed by atoms with van der Waals surface area (Å²) in [6.07, 6.45) is 0. The summed E-state index contributed by atoms with van der Waals surface area (Å²) in [6, 6.07) is 13.4. The van der Waals surface area contributed by atoms with Gasteiger partial charge in [0.15, 0.2) is 11.5 Å². The van der Waals surface area contributed by atoms with Gasteiger partial charge < -0.3 is 9.84 Å². The maximum absolute atomic E-state index is 11.3. The smallest absolute Gasteiger partial charge is 0.259 e. The third-order valence-electron chi connectivity index (χ3n) is 2.30. The molecule has 18 heavy (non-hydrogen) atoms. The number of hydrogen-bond donors (Lipinski definition) is 2. The largest absolute Gasteiger partial charge is 0.504 e. The summed E-state index contributed by atoms with van der Waals surface area (Å²) < 4.78 is 8.00. The van der Waals surface area contributed by atoms with E-state index in [1.54, 1.807) is 71.4 Å². The van der Waals surface area contributed by atoms with E-state index < -0.39 is 0 Å². The number of benzene rings is 2. The molecule has 0 radical (unpaired) electrons. The summed E-state index contributed by atoms with van der Waals surface area (Å²) >= 11 is 1.78. The van der Waals surface area contributed by atoms with Crippen molar-refractivity contribution in [2.75, 3.05) is 0 Å². The number of phenolic OH excluding ortho intramolecular Hbond substituents is 1. The number of rotatable bonds is 3. The number of para-hydroxylation sites is 2. The van der Waals surface area contributed by atoms with Crippen LogP contribution in [0.3, 0.4) is 0 Å². The first-order valence-corrected chi connectivity index (χ1v) is 6.25. The average Bonchev–Trinajstić information content (AvgIpc) is 2.41. The highest BCUT2D eigenvalue weighted by Gasteiger charge is 2.05. The molecule has 0 heterocycles. The Morgan fingerprint density at radius 2 is 1.78 bits per heavy atom. The van der Waals surface area contributed by atoms with Crippen LogP contribution in [0.1, 0.15) is 10.4 Å². The summed E-state index contributed by atoms with van der Waals surface area (Å²) in [5, 5.41) is 9.56. The lowest BCUT2D eigenvalue weighted by Crippen LogP contribution is -2.11. The number of carbonyl (C=O) groups is 1. The van der Waals surface area contributed by atoms with Crippen LogP contribution in [0.25, 0.3) is 0 Å². The van der Waals surface area contributed by atoms with E-state index in [1.807, 2.05) is 0 Å². The molecule has 2 rings (SSSR count). The lowest BCUT2D eigenvalue weighted by molar-refractivity contribution is 0.0989. The molecule has 0 aromatic heterocycles. The standard InChI is InChI=1S/C13H10INO3/c14-15-13(17)9-5-7-10(8-6-9)18-12-4-2-1-3-11(12)16/h1-8,16H,(H,15,17). The van der Waals surface area contributed by atoms with Gasteiger partial charge >= 0.3 is 0 Å². The second-order valence-corrected chi connectivity index (χ2v) is 4.06. The van der Waals surface area contributed by atoms with Gasteiger partial charge in [0.2, 0.25) is 0 Å². The first-order chi connectivity index (χ1) is 8.70. The molecule has 5 heteroatoms. The molecule has 4 nitrogen and oxygen atoms in total. The second kappa shape index (κ2) is 5.72. The zero-order valence-electron chi connectivity index (χ0n) is 9.26. The molecule has 0 spiro atoms. The monoisotopic (exact) mass is 355 g/mol. The van der Waals surface area contributed by atoms with Crippen molar-refractivity contribution >= 4 is 28.8 Å². The number of nitrogens with one attached hydrogen (secondary N) is 1. The molecule has 0 aliphatic rings. The fraction of sp³-hybridized carbons (Fsp3) is 0. The zero-order chi connectivity index (χ0) is 13.0. The van der Waals surface area contributed by atoms with Crippen LogP contribution in [0.2, 0.25) is 0 Å². The van der Waals surface area contributed by atoms with Crippen LogP contribution in [0, 0.1) is 0 Å². The maximum atomic E-state index is 11.3. The summed E-state index contributed by atoms with van der Waals surface area (Å²) in [6.45, 7) is 0. The number of ether oxygens (including phenoxy) is 1. The van der Waals surface area contributed by atoms with Gasteiger partial charge in [-0.25, -0.2) is 0 Å². The molecule has 0 saturated heterocycles. The van der Waals surface area contributed by atoms with Crippen LogP contribution in [-0.2, 0) is 0 Å². The Morgan fingerprint density at radius 3 is 2.39 bits per heavy atom. The topological polar surface area (TPSA) is 58.6 Å². The molecule has 0 aliphatic heterocycles. The van der Waals surface area contributed by atoms with Crippen LogP contribution >= 0.6 is 22.9 Å². The molecular formula is C13H10INO3. The SMILES string of the molecule is O=C(NI)c1ccc(Oc2ccccc2O)cc1. The molecule has 1 amide bonds. The third-order valence-corrected chi connectivity index (χ3v) is 2.79. The number of phenols is 1. The van der Waals surface area contributed by atoms with E-state index >= 15 is 0 Å². The van der Waals surface area contributed by atoms with Gasteiger partial charge in [-0.15, -0.1) is 0 Å². The first kappa shape index (κ1) is 12.7. The number of hydrogen-bond acceptors (Lipinski definition) is 3. The van der Waals surface area contributed by atoms with E-state index in [1.165, 1.54) is 0 Å². The van der Waals surface area contributed by atoms with Crippen LogP contribution in [0.5, 0.6) is 17.2 Å². The average molecular weight is 355 g/mol. The molecule has 0 aliphatic carbocycles. The fourth-order valence-corrected chi connectivity index (χ4v) is 1.71. The van der Waals surface area contributed by atoms with E-state index in [-0.39, 0.29) is 11.7 Å². The Bertz CT molecular complexity index is 554. The van der Waals surface area contributed by atoms with Crippen LogP contribution in [0.4, 0.5) is 0 Å². The minimum Gasteiger partial charge on any atom is -0.504 e. The lowest BCUT2D eigenvalue weighted by atomic mass is 10.2. The van der Waals surface area contributed by atoms with Gasteiger partial charge in [0.25, 0.3) is 5.91 Å². The maximum Gasteiger partial charge on any atom is 0.259 e. The van der Waals surface area contributed by atoms with Crippen LogP contribution in [0.15, 0.2) is 48.5 Å². The minimum absolute atomic E-state index is 0.0755. The Labute approximate surface area is 118 Å². The van der Waals surface area contributed by atoms with E-state index in [4.69, 9.17) is 4.74 Å². The highest BCUT2D eigenvalue weighted by molar-refractivity contribution is 14.1. The number of halogens is 1. The van der Waals surface area contributed by atoms with Crippen molar-refractivity contribution in [2.45, 2.75) is 0 Å². The Kier molecular flexibility index (Phi) is 4.03. The molecule has 2 aromatic carbocycles. The normalized spacial score (nSPS) is 9.83. The van der Waals surface area contributed by atoms with Gasteiger partial charge in [0, 0.05) is 5.56 Å². The molecule has 2 N–H and O–H groups in total. The van der Waals surface area contributed by atoms with Crippen LogP contribution < -0.4 is 8.27 Å². The van der Waals surface area contributed by atoms with Crippen molar-refractivity contribution in [3.63, 3.8) is 0 Å². The Hall–Kier alpha value is -1.76. The first-order valence-electron chi connectivity index (χ1n) is 5.17. The highest BCUT2D eigenvalue weighted by Crippen LogP contribution is 2.29. The van der Waals surface area contributed by atoms with Crippen molar-refractivity contribution < 1.29 is 14.6 Å². The van der Waals surface area contributed by atoms with E-state index in [0.717, 1.165) is 0 Å². The van der Waals surface area contributed by atoms with E-state index in [2.05, 4.69) is 3.53 Å². The molecule has 92 valence electrons. The highest BCUT2D eigenvalue weighted by atomic mass is 127. The predicted octanol–water partition coefficient (Wildman–Crippen LogP) is 3.26. The van der Waals surface area contributed by atoms with Crippen molar-refractivity contribution in [1.82, 2.24) is 3.53 Å². The molecule has 0 bridgehead atoms. The molecule has 0 atom stereocenters. The quantitative estimate of drug-likeness (QED) is 0.656. The minimum atomic E-state index is -0.162. The zero-order valence-corrected chi connectivity index (χ0v) is 11.4. The molecule has 0 unspecified atom stereocenters. The van der Waals surface area contributed by atoms with Crippen molar-refractivity contribution in [3.05, 3.63) is 54.1 Å². The molecule has 0 saturated carbocycles. The summed E-state index contributed by atoms with van der Waals surface area (Å²) in [4.78, 5) is 11.3. The van der Waals surface area contributed by atoms with Crippen LogP contribution in [-0.4, -0.2) is 11.0 Å². The van der Waals surface area contributed by atoms with Crippen molar-refractivity contribution in [2.24, 2.45) is 0 Å².